The van der Waals surface area contributed by atoms with Crippen molar-refractivity contribution in [1.82, 2.24) is 24.7 Å². The van der Waals surface area contributed by atoms with Crippen LogP contribution in [0.4, 0.5) is 0 Å². The van der Waals surface area contributed by atoms with Gasteiger partial charge in [-0.1, -0.05) is 30.3 Å². The van der Waals surface area contributed by atoms with Crippen LogP contribution >= 0.6 is 23.4 Å². The molecule has 0 amide bonds. The van der Waals surface area contributed by atoms with E-state index in [1.165, 1.54) is 11.8 Å². The van der Waals surface area contributed by atoms with Crippen LogP contribution in [0.5, 0.6) is 0 Å². The van der Waals surface area contributed by atoms with Gasteiger partial charge in [0.25, 0.3) is 0 Å². The Balaban J connectivity index is 1.64. The number of likely N-dealkylation sites (N-methyl/N-ethyl adjacent to an activating group) is 1. The first-order chi connectivity index (χ1) is 13.5. The molecular weight excluding hydrogens is 418 g/mol. The van der Waals surface area contributed by atoms with Crippen LogP contribution in [0.1, 0.15) is 19.4 Å². The van der Waals surface area contributed by atoms with Gasteiger partial charge in [0.05, 0.1) is 0 Å². The van der Waals surface area contributed by atoms with Crippen molar-refractivity contribution in [1.29, 1.82) is 0 Å². The third-order valence-electron chi connectivity index (χ3n) is 5.54. The number of hydrogen-bond acceptors (Lipinski definition) is 7. The summed E-state index contributed by atoms with van der Waals surface area (Å²) in [7, 11) is -3.82. The van der Waals surface area contributed by atoms with Gasteiger partial charge in [0.1, 0.15) is 15.7 Å². The standard InChI is InChI=1S/C18H20ClN5O2S2/c1-2-22-7-5-12(10-22)24-11-14(13-4-3-6-20-16(13)24)28(25,26)17-15(19)21-18-23(17)8-9-27-18/h3-4,6,8-9,11-12,18,21H,2,5,7,10H2,1H3. The third-order valence-corrected chi connectivity index (χ3v) is 8.65. The predicted molar refractivity (Wildman–Crippen MR) is 111 cm³/mol. The molecule has 0 spiro atoms. The van der Waals surface area contributed by atoms with Crippen molar-refractivity contribution in [3.8, 4) is 0 Å². The molecule has 5 rings (SSSR count). The first kappa shape index (κ1) is 18.4. The number of pyridine rings is 1. The Morgan fingerprint density at radius 2 is 2.29 bits per heavy atom. The van der Waals surface area contributed by atoms with Crippen molar-refractivity contribution in [2.75, 3.05) is 19.6 Å². The van der Waals surface area contributed by atoms with E-state index in [2.05, 4.69) is 22.1 Å². The third kappa shape index (κ3) is 2.67. The van der Waals surface area contributed by atoms with Crippen LogP contribution in [-0.4, -0.2) is 52.9 Å². The van der Waals surface area contributed by atoms with Gasteiger partial charge in [-0.25, -0.2) is 13.4 Å². The number of sulfone groups is 1. The highest BCUT2D eigenvalue weighted by Gasteiger charge is 2.41. The Bertz CT molecular complexity index is 1110. The first-order valence-corrected chi connectivity index (χ1v) is 12.0. The molecule has 3 aliphatic heterocycles. The van der Waals surface area contributed by atoms with Crippen molar-refractivity contribution in [3.05, 3.63) is 46.3 Å². The fraction of sp³-hybridized carbons (Fsp3) is 0.389. The molecule has 0 saturated carbocycles. The molecule has 0 bridgehead atoms. The van der Waals surface area contributed by atoms with E-state index in [4.69, 9.17) is 11.6 Å². The number of likely N-dealkylation sites (tertiary alicyclic amines) is 1. The summed E-state index contributed by atoms with van der Waals surface area (Å²) in [6.07, 6.45) is 6.18. The first-order valence-electron chi connectivity index (χ1n) is 9.20. The summed E-state index contributed by atoms with van der Waals surface area (Å²) in [5.74, 6) is 0. The van der Waals surface area contributed by atoms with Gasteiger partial charge in [-0.3, -0.25) is 0 Å². The second kappa shape index (κ2) is 6.69. The summed E-state index contributed by atoms with van der Waals surface area (Å²) in [6, 6.07) is 3.80. The van der Waals surface area contributed by atoms with Gasteiger partial charge in [-0.05, 0) is 30.5 Å². The molecule has 0 aromatic carbocycles. The van der Waals surface area contributed by atoms with Gasteiger partial charge in [0.2, 0.25) is 9.84 Å². The zero-order chi connectivity index (χ0) is 19.5. The highest BCUT2D eigenvalue weighted by Crippen LogP contribution is 2.41. The highest BCUT2D eigenvalue weighted by molar-refractivity contribution is 8.03. The van der Waals surface area contributed by atoms with Gasteiger partial charge in [-0.2, -0.15) is 0 Å². The van der Waals surface area contributed by atoms with Crippen molar-refractivity contribution in [2.24, 2.45) is 0 Å². The Labute approximate surface area is 172 Å². The molecule has 28 heavy (non-hydrogen) atoms. The van der Waals surface area contributed by atoms with Gasteiger partial charge in [0.15, 0.2) is 10.5 Å². The number of thioether (sulfide) groups is 1. The highest BCUT2D eigenvalue weighted by atomic mass is 35.5. The van der Waals surface area contributed by atoms with Gasteiger partial charge >= 0.3 is 0 Å². The largest absolute Gasteiger partial charge is 0.344 e. The Morgan fingerprint density at radius 1 is 1.43 bits per heavy atom. The molecule has 2 atom stereocenters. The average molecular weight is 438 g/mol. The van der Waals surface area contributed by atoms with E-state index in [-0.39, 0.29) is 26.6 Å². The lowest BCUT2D eigenvalue weighted by atomic mass is 10.2. The number of nitrogens with zero attached hydrogens (tertiary/aromatic N) is 4. The fourth-order valence-corrected chi connectivity index (χ4v) is 7.24. The maximum atomic E-state index is 13.6. The minimum absolute atomic E-state index is 0.102. The zero-order valence-electron chi connectivity index (χ0n) is 15.2. The summed E-state index contributed by atoms with van der Waals surface area (Å²) in [4.78, 5) is 8.81. The number of halogens is 1. The van der Waals surface area contributed by atoms with E-state index in [1.54, 1.807) is 29.6 Å². The average Bonchev–Trinajstić information content (AvgIpc) is 3.42. The summed E-state index contributed by atoms with van der Waals surface area (Å²) in [5, 5.41) is 5.78. The zero-order valence-corrected chi connectivity index (χ0v) is 17.6. The minimum Gasteiger partial charge on any atom is -0.344 e. The summed E-state index contributed by atoms with van der Waals surface area (Å²) in [6.45, 7) is 5.04. The maximum Gasteiger partial charge on any atom is 0.227 e. The van der Waals surface area contributed by atoms with Crippen molar-refractivity contribution in [2.45, 2.75) is 29.8 Å². The van der Waals surface area contributed by atoms with E-state index < -0.39 is 9.84 Å². The lowest BCUT2D eigenvalue weighted by Crippen LogP contribution is -2.28. The molecule has 0 aliphatic carbocycles. The van der Waals surface area contributed by atoms with Crippen LogP contribution < -0.4 is 5.32 Å². The lowest BCUT2D eigenvalue weighted by molar-refractivity contribution is 0.342. The van der Waals surface area contributed by atoms with Gasteiger partial charge in [0, 0.05) is 43.1 Å². The Morgan fingerprint density at radius 3 is 3.07 bits per heavy atom. The second-order valence-electron chi connectivity index (χ2n) is 7.06. The van der Waals surface area contributed by atoms with Crippen molar-refractivity contribution < 1.29 is 8.42 Å². The summed E-state index contributed by atoms with van der Waals surface area (Å²) >= 11 is 7.79. The summed E-state index contributed by atoms with van der Waals surface area (Å²) < 4.78 is 29.3. The Kier molecular flexibility index (Phi) is 4.38. The molecule has 2 aromatic rings. The fourth-order valence-electron chi connectivity index (χ4n) is 4.11. The number of aromatic nitrogens is 2. The van der Waals surface area contributed by atoms with Crippen LogP contribution in [0.3, 0.4) is 0 Å². The van der Waals surface area contributed by atoms with Gasteiger partial charge < -0.3 is 19.7 Å². The maximum absolute atomic E-state index is 13.6. The second-order valence-corrected chi connectivity index (χ2v) is 10.3. The smallest absolute Gasteiger partial charge is 0.227 e. The molecule has 10 heteroatoms. The van der Waals surface area contributed by atoms with E-state index in [0.717, 1.165) is 26.1 Å². The quantitative estimate of drug-likeness (QED) is 0.737. The number of hydrogen-bond donors (Lipinski definition) is 1. The SMILES string of the molecule is CCN1CCC(n2cc(S(=O)(=O)C3=C(Cl)NC4SC=CN34)c3cccnc32)C1. The number of fused-ring (bicyclic) bond motifs is 2. The minimum atomic E-state index is -3.82. The molecule has 1 fully saturated rings. The Hall–Kier alpha value is -1.68. The predicted octanol–water partition coefficient (Wildman–Crippen LogP) is 2.85. The summed E-state index contributed by atoms with van der Waals surface area (Å²) in [5.41, 5.74) is 0.492. The number of rotatable bonds is 4. The molecule has 148 valence electrons. The lowest BCUT2D eigenvalue weighted by Gasteiger charge is -2.18. The van der Waals surface area contributed by atoms with Crippen molar-refractivity contribution in [3.63, 3.8) is 0 Å². The molecule has 7 nitrogen and oxygen atoms in total. The molecule has 2 unspecified atom stereocenters. The van der Waals surface area contributed by atoms with Crippen LogP contribution in [0.15, 0.2) is 51.2 Å². The van der Waals surface area contributed by atoms with Crippen LogP contribution in [0.2, 0.25) is 0 Å². The van der Waals surface area contributed by atoms with E-state index in [9.17, 15) is 8.42 Å². The normalized spacial score (nSPS) is 25.1. The van der Waals surface area contributed by atoms with E-state index >= 15 is 0 Å². The molecule has 1 N–H and O–H groups in total. The molecule has 2 aromatic heterocycles. The topological polar surface area (TPSA) is 70.5 Å². The molecule has 0 radical (unpaired) electrons. The van der Waals surface area contributed by atoms with E-state index in [1.807, 2.05) is 16.0 Å². The number of nitrogens with one attached hydrogen (secondary N) is 1. The van der Waals surface area contributed by atoms with Crippen LogP contribution in [0, 0.1) is 0 Å². The monoisotopic (exact) mass is 437 g/mol. The molecule has 5 heterocycles. The van der Waals surface area contributed by atoms with Gasteiger partial charge in [-0.15, -0.1) is 0 Å². The van der Waals surface area contributed by atoms with Crippen LogP contribution in [-0.2, 0) is 9.84 Å². The van der Waals surface area contributed by atoms with Crippen LogP contribution in [0.25, 0.3) is 11.0 Å². The van der Waals surface area contributed by atoms with Crippen molar-refractivity contribution >= 4 is 44.2 Å². The van der Waals surface area contributed by atoms with E-state index in [0.29, 0.717) is 11.0 Å². The molecular formula is C18H20ClN5O2S2. The molecule has 1 saturated heterocycles. The molecule has 3 aliphatic rings.